The van der Waals surface area contributed by atoms with E-state index in [2.05, 4.69) is 20.2 Å². The van der Waals surface area contributed by atoms with Crippen molar-refractivity contribution >= 4 is 17.4 Å². The van der Waals surface area contributed by atoms with Gasteiger partial charge in [-0.2, -0.15) is 13.2 Å². The van der Waals surface area contributed by atoms with Crippen molar-refractivity contribution in [2.24, 2.45) is 0 Å². The molecule has 0 amide bonds. The molecule has 0 aromatic carbocycles. The standard InChI is InChI=1S/C11H10ClF3N6/c1-6-8(12)16-5-17-9(6)20-2-3-21-7(4-20)18-19-10(21)11(13,14)15/h5H,2-4H2,1H3. The number of aromatic nitrogens is 5. The maximum Gasteiger partial charge on any atom is 0.451 e. The van der Waals surface area contributed by atoms with Crippen LogP contribution >= 0.6 is 11.6 Å². The maximum atomic E-state index is 12.8. The lowest BCUT2D eigenvalue weighted by molar-refractivity contribution is -0.147. The minimum atomic E-state index is -4.50. The molecule has 1 aliphatic rings. The number of halogens is 4. The van der Waals surface area contributed by atoms with E-state index < -0.39 is 12.0 Å². The molecular weight excluding hydrogens is 309 g/mol. The van der Waals surface area contributed by atoms with Crippen LogP contribution in [0.4, 0.5) is 19.0 Å². The first-order chi connectivity index (χ1) is 9.88. The molecule has 0 aliphatic carbocycles. The van der Waals surface area contributed by atoms with E-state index in [1.165, 1.54) is 6.33 Å². The molecule has 0 spiro atoms. The van der Waals surface area contributed by atoms with E-state index in [0.717, 1.165) is 4.57 Å². The summed E-state index contributed by atoms with van der Waals surface area (Å²) < 4.78 is 39.4. The molecule has 0 bridgehead atoms. The lowest BCUT2D eigenvalue weighted by Gasteiger charge is -2.29. The van der Waals surface area contributed by atoms with Gasteiger partial charge in [0.15, 0.2) is 5.82 Å². The summed E-state index contributed by atoms with van der Waals surface area (Å²) in [4.78, 5) is 9.82. The minimum Gasteiger partial charge on any atom is -0.347 e. The van der Waals surface area contributed by atoms with Gasteiger partial charge in [-0.25, -0.2) is 9.97 Å². The topological polar surface area (TPSA) is 59.7 Å². The number of fused-ring (bicyclic) bond motifs is 1. The summed E-state index contributed by atoms with van der Waals surface area (Å²) in [6, 6.07) is 0. The Balaban J connectivity index is 1.92. The van der Waals surface area contributed by atoms with Crippen LogP contribution in [-0.4, -0.2) is 31.3 Å². The summed E-state index contributed by atoms with van der Waals surface area (Å²) in [5.74, 6) is -0.116. The molecule has 21 heavy (non-hydrogen) atoms. The summed E-state index contributed by atoms with van der Waals surface area (Å²) in [7, 11) is 0. The molecule has 3 rings (SSSR count). The van der Waals surface area contributed by atoms with E-state index in [-0.39, 0.29) is 18.9 Å². The van der Waals surface area contributed by atoms with Crippen molar-refractivity contribution in [3.05, 3.63) is 28.7 Å². The fourth-order valence-electron chi connectivity index (χ4n) is 2.29. The molecule has 1 aliphatic heterocycles. The molecule has 2 aromatic heterocycles. The van der Waals surface area contributed by atoms with Crippen LogP contribution in [0.25, 0.3) is 0 Å². The van der Waals surface area contributed by atoms with Crippen molar-refractivity contribution in [1.29, 1.82) is 0 Å². The van der Waals surface area contributed by atoms with Gasteiger partial charge in [0, 0.05) is 18.7 Å². The molecule has 0 saturated carbocycles. The van der Waals surface area contributed by atoms with Gasteiger partial charge in [-0.3, -0.25) is 0 Å². The summed E-state index contributed by atoms with van der Waals surface area (Å²) in [6.45, 7) is 2.45. The second-order valence-electron chi connectivity index (χ2n) is 4.62. The summed E-state index contributed by atoms with van der Waals surface area (Å²) in [5, 5.41) is 7.19. The third-order valence-corrected chi connectivity index (χ3v) is 3.68. The molecule has 3 heterocycles. The fraction of sp³-hybridized carbons (Fsp3) is 0.455. The Morgan fingerprint density at radius 3 is 2.67 bits per heavy atom. The zero-order chi connectivity index (χ0) is 15.2. The van der Waals surface area contributed by atoms with Crippen molar-refractivity contribution in [1.82, 2.24) is 24.7 Å². The van der Waals surface area contributed by atoms with Crippen LogP contribution in [0.1, 0.15) is 17.2 Å². The minimum absolute atomic E-state index is 0.137. The van der Waals surface area contributed by atoms with Crippen molar-refractivity contribution in [2.75, 3.05) is 11.4 Å². The largest absolute Gasteiger partial charge is 0.451 e. The number of hydrogen-bond donors (Lipinski definition) is 0. The van der Waals surface area contributed by atoms with Gasteiger partial charge >= 0.3 is 6.18 Å². The smallest absolute Gasteiger partial charge is 0.347 e. The van der Waals surface area contributed by atoms with Gasteiger partial charge in [-0.05, 0) is 6.92 Å². The van der Waals surface area contributed by atoms with Gasteiger partial charge in [0.1, 0.15) is 17.3 Å². The second kappa shape index (κ2) is 4.83. The number of rotatable bonds is 1. The molecule has 2 aromatic rings. The Morgan fingerprint density at radius 1 is 1.19 bits per heavy atom. The molecule has 0 fully saturated rings. The van der Waals surface area contributed by atoms with Crippen LogP contribution in [0, 0.1) is 6.92 Å². The van der Waals surface area contributed by atoms with Gasteiger partial charge in [0.25, 0.3) is 0 Å². The fourth-order valence-corrected chi connectivity index (χ4v) is 2.42. The molecule has 112 valence electrons. The van der Waals surface area contributed by atoms with Gasteiger partial charge in [-0.15, -0.1) is 10.2 Å². The predicted molar refractivity (Wildman–Crippen MR) is 67.9 cm³/mol. The van der Waals surface area contributed by atoms with Crippen molar-refractivity contribution in [3.8, 4) is 0 Å². The Hall–Kier alpha value is -1.90. The van der Waals surface area contributed by atoms with E-state index in [1.807, 2.05) is 4.90 Å². The van der Waals surface area contributed by atoms with Crippen LogP contribution in [0.3, 0.4) is 0 Å². The molecule has 0 radical (unpaired) electrons. The third kappa shape index (κ3) is 2.41. The molecular formula is C11H10ClF3N6. The number of anilines is 1. The molecule has 0 N–H and O–H groups in total. The average molecular weight is 319 g/mol. The Kier molecular flexibility index (Phi) is 3.23. The van der Waals surface area contributed by atoms with Gasteiger partial charge < -0.3 is 9.47 Å². The zero-order valence-corrected chi connectivity index (χ0v) is 11.6. The van der Waals surface area contributed by atoms with Crippen molar-refractivity contribution < 1.29 is 13.2 Å². The van der Waals surface area contributed by atoms with Crippen LogP contribution in [-0.2, 0) is 19.3 Å². The SMILES string of the molecule is Cc1c(Cl)ncnc1N1CCn2c(nnc2C(F)(F)F)C1. The summed E-state index contributed by atoms with van der Waals surface area (Å²) in [6.07, 6.45) is -3.17. The number of hydrogen-bond acceptors (Lipinski definition) is 5. The molecule has 0 atom stereocenters. The lowest BCUT2D eigenvalue weighted by Crippen LogP contribution is -2.36. The zero-order valence-electron chi connectivity index (χ0n) is 10.9. The molecule has 0 saturated heterocycles. The highest BCUT2D eigenvalue weighted by atomic mass is 35.5. The Labute approximate surface area is 122 Å². The van der Waals surface area contributed by atoms with E-state index in [4.69, 9.17) is 11.6 Å². The molecule has 6 nitrogen and oxygen atoms in total. The van der Waals surface area contributed by atoms with Crippen molar-refractivity contribution in [2.45, 2.75) is 26.2 Å². The highest BCUT2D eigenvalue weighted by Crippen LogP contribution is 2.31. The van der Waals surface area contributed by atoms with E-state index in [0.29, 0.717) is 23.1 Å². The Bertz CT molecular complexity index is 683. The monoisotopic (exact) mass is 318 g/mol. The first kappa shape index (κ1) is 14.1. The van der Waals surface area contributed by atoms with Crippen LogP contribution < -0.4 is 4.90 Å². The van der Waals surface area contributed by atoms with Gasteiger partial charge in [-0.1, -0.05) is 11.6 Å². The van der Waals surface area contributed by atoms with E-state index in [1.54, 1.807) is 6.92 Å². The van der Waals surface area contributed by atoms with Crippen LogP contribution in [0.5, 0.6) is 0 Å². The number of nitrogens with zero attached hydrogens (tertiary/aromatic N) is 6. The van der Waals surface area contributed by atoms with Crippen molar-refractivity contribution in [3.63, 3.8) is 0 Å². The highest BCUT2D eigenvalue weighted by Gasteiger charge is 2.39. The average Bonchev–Trinajstić information content (AvgIpc) is 2.84. The number of alkyl halides is 3. The third-order valence-electron chi connectivity index (χ3n) is 3.30. The van der Waals surface area contributed by atoms with Gasteiger partial charge in [0.05, 0.1) is 6.54 Å². The normalized spacial score (nSPS) is 15.2. The molecule has 0 unspecified atom stereocenters. The second-order valence-corrected chi connectivity index (χ2v) is 4.98. The van der Waals surface area contributed by atoms with E-state index in [9.17, 15) is 13.2 Å². The first-order valence-electron chi connectivity index (χ1n) is 6.09. The van der Waals surface area contributed by atoms with E-state index >= 15 is 0 Å². The highest BCUT2D eigenvalue weighted by molar-refractivity contribution is 6.30. The quantitative estimate of drug-likeness (QED) is 0.753. The predicted octanol–water partition coefficient (Wildman–Crippen LogP) is 2.07. The lowest BCUT2D eigenvalue weighted by atomic mass is 10.2. The first-order valence-corrected chi connectivity index (χ1v) is 6.47. The maximum absolute atomic E-state index is 12.8. The summed E-state index contributed by atoms with van der Waals surface area (Å²) in [5.41, 5.74) is 0.683. The van der Waals surface area contributed by atoms with Gasteiger partial charge in [0.2, 0.25) is 5.82 Å². The van der Waals surface area contributed by atoms with Crippen LogP contribution in [0.15, 0.2) is 6.33 Å². The Morgan fingerprint density at radius 2 is 1.95 bits per heavy atom. The van der Waals surface area contributed by atoms with Crippen LogP contribution in [0.2, 0.25) is 5.15 Å². The molecule has 10 heteroatoms. The summed E-state index contributed by atoms with van der Waals surface area (Å²) >= 11 is 5.94.